The van der Waals surface area contributed by atoms with Gasteiger partial charge in [0, 0.05) is 0 Å². The molecule has 18 heavy (non-hydrogen) atoms. The van der Waals surface area contributed by atoms with Crippen LogP contribution in [0.15, 0.2) is 24.3 Å². The van der Waals surface area contributed by atoms with Crippen LogP contribution < -0.4 is 10.1 Å². The zero-order valence-corrected chi connectivity index (χ0v) is 11.6. The number of rotatable bonds is 8. The summed E-state index contributed by atoms with van der Waals surface area (Å²) in [7, 11) is 0. The summed E-state index contributed by atoms with van der Waals surface area (Å²) in [5.41, 5.74) is 1.10. The monoisotopic (exact) mass is 251 g/mol. The first kappa shape index (κ1) is 15.0. The fraction of sp³-hybridized carbons (Fsp3) is 0.600. The maximum atomic E-state index is 9.41. The third-order valence-electron chi connectivity index (χ3n) is 2.71. The highest BCUT2D eigenvalue weighted by atomic mass is 16.5. The first-order valence-electron chi connectivity index (χ1n) is 6.74. The molecule has 2 N–H and O–H groups in total. The van der Waals surface area contributed by atoms with Gasteiger partial charge in [-0.05, 0) is 36.6 Å². The van der Waals surface area contributed by atoms with Crippen LogP contribution in [0, 0.1) is 5.92 Å². The summed E-state index contributed by atoms with van der Waals surface area (Å²) in [5, 5.41) is 12.8. The van der Waals surface area contributed by atoms with Crippen molar-refractivity contribution in [2.75, 3.05) is 19.8 Å². The maximum absolute atomic E-state index is 9.41. The predicted octanol–water partition coefficient (Wildman–Crippen LogP) is 2.75. The number of benzene rings is 1. The first-order chi connectivity index (χ1) is 8.67. The Morgan fingerprint density at radius 1 is 1.22 bits per heavy atom. The molecule has 1 aromatic carbocycles. The van der Waals surface area contributed by atoms with Gasteiger partial charge in [0.25, 0.3) is 0 Å². The summed E-state index contributed by atoms with van der Waals surface area (Å²) in [6, 6.07) is 7.96. The molecule has 0 bridgehead atoms. The van der Waals surface area contributed by atoms with Crippen molar-refractivity contribution in [1.82, 2.24) is 5.32 Å². The molecule has 0 aromatic heterocycles. The lowest BCUT2D eigenvalue weighted by molar-refractivity contribution is 0.240. The van der Waals surface area contributed by atoms with E-state index in [1.165, 1.54) is 0 Å². The lowest BCUT2D eigenvalue weighted by Crippen LogP contribution is -2.27. The Kier molecular flexibility index (Phi) is 6.76. The van der Waals surface area contributed by atoms with Gasteiger partial charge >= 0.3 is 0 Å². The molecule has 3 nitrogen and oxygen atoms in total. The Bertz CT molecular complexity index is 322. The van der Waals surface area contributed by atoms with Crippen LogP contribution in [-0.4, -0.2) is 24.9 Å². The third kappa shape index (κ3) is 5.07. The van der Waals surface area contributed by atoms with Crippen LogP contribution in [0.1, 0.15) is 38.8 Å². The van der Waals surface area contributed by atoms with E-state index in [0.717, 1.165) is 30.9 Å². The summed E-state index contributed by atoms with van der Waals surface area (Å²) in [6.07, 6.45) is 1.01. The molecule has 0 heterocycles. The highest BCUT2D eigenvalue weighted by Crippen LogP contribution is 2.18. The molecule has 1 rings (SSSR count). The number of aliphatic hydroxyl groups excluding tert-OH is 1. The standard InChI is InChI=1S/C15H25NO2/c1-4-9-18-14-7-5-13(6-8-14)15(11-17)16-10-12(2)3/h5-8,12,15-17H,4,9-11H2,1-3H3. The topological polar surface area (TPSA) is 41.5 Å². The summed E-state index contributed by atoms with van der Waals surface area (Å²) < 4.78 is 5.54. The highest BCUT2D eigenvalue weighted by Gasteiger charge is 2.10. The van der Waals surface area contributed by atoms with E-state index in [4.69, 9.17) is 4.74 Å². The summed E-state index contributed by atoms with van der Waals surface area (Å²) >= 11 is 0. The molecular weight excluding hydrogens is 226 g/mol. The molecule has 0 radical (unpaired) electrons. The van der Waals surface area contributed by atoms with E-state index in [0.29, 0.717) is 5.92 Å². The van der Waals surface area contributed by atoms with Gasteiger partial charge in [0.1, 0.15) is 5.75 Å². The van der Waals surface area contributed by atoms with E-state index in [2.05, 4.69) is 26.1 Å². The van der Waals surface area contributed by atoms with E-state index < -0.39 is 0 Å². The van der Waals surface area contributed by atoms with Crippen LogP contribution in [0.25, 0.3) is 0 Å². The zero-order chi connectivity index (χ0) is 13.4. The van der Waals surface area contributed by atoms with Gasteiger partial charge in [0.15, 0.2) is 0 Å². The Morgan fingerprint density at radius 2 is 1.89 bits per heavy atom. The van der Waals surface area contributed by atoms with Gasteiger partial charge < -0.3 is 15.2 Å². The fourth-order valence-electron chi connectivity index (χ4n) is 1.68. The second-order valence-corrected chi connectivity index (χ2v) is 4.95. The molecule has 0 spiro atoms. The van der Waals surface area contributed by atoms with E-state index in [-0.39, 0.29) is 12.6 Å². The number of aliphatic hydroxyl groups is 1. The van der Waals surface area contributed by atoms with Crippen LogP contribution in [0.4, 0.5) is 0 Å². The van der Waals surface area contributed by atoms with Gasteiger partial charge in [-0.2, -0.15) is 0 Å². The van der Waals surface area contributed by atoms with Crippen molar-refractivity contribution in [2.45, 2.75) is 33.2 Å². The van der Waals surface area contributed by atoms with Gasteiger partial charge in [-0.1, -0.05) is 32.9 Å². The fourth-order valence-corrected chi connectivity index (χ4v) is 1.68. The minimum absolute atomic E-state index is 0.00706. The lowest BCUT2D eigenvalue weighted by atomic mass is 10.1. The van der Waals surface area contributed by atoms with Crippen LogP contribution in [0.5, 0.6) is 5.75 Å². The van der Waals surface area contributed by atoms with Crippen molar-refractivity contribution in [3.05, 3.63) is 29.8 Å². The molecule has 0 saturated heterocycles. The minimum Gasteiger partial charge on any atom is -0.494 e. The van der Waals surface area contributed by atoms with Gasteiger partial charge in [0.05, 0.1) is 19.3 Å². The van der Waals surface area contributed by atoms with Crippen molar-refractivity contribution < 1.29 is 9.84 Å². The van der Waals surface area contributed by atoms with Gasteiger partial charge in [-0.25, -0.2) is 0 Å². The van der Waals surface area contributed by atoms with E-state index in [9.17, 15) is 5.11 Å². The quantitative estimate of drug-likeness (QED) is 0.746. The number of hydrogen-bond acceptors (Lipinski definition) is 3. The van der Waals surface area contributed by atoms with Crippen molar-refractivity contribution in [2.24, 2.45) is 5.92 Å². The van der Waals surface area contributed by atoms with Crippen LogP contribution in [0.3, 0.4) is 0 Å². The average Bonchev–Trinajstić information content (AvgIpc) is 2.38. The van der Waals surface area contributed by atoms with Crippen LogP contribution >= 0.6 is 0 Å². The van der Waals surface area contributed by atoms with Crippen molar-refractivity contribution in [1.29, 1.82) is 0 Å². The SMILES string of the molecule is CCCOc1ccc(C(CO)NCC(C)C)cc1. The van der Waals surface area contributed by atoms with Crippen LogP contribution in [0.2, 0.25) is 0 Å². The average molecular weight is 251 g/mol. The Balaban J connectivity index is 2.57. The normalized spacial score (nSPS) is 12.7. The summed E-state index contributed by atoms with van der Waals surface area (Å²) in [4.78, 5) is 0. The second-order valence-electron chi connectivity index (χ2n) is 4.95. The molecule has 1 unspecified atom stereocenters. The number of hydrogen-bond donors (Lipinski definition) is 2. The maximum Gasteiger partial charge on any atom is 0.119 e. The largest absolute Gasteiger partial charge is 0.494 e. The lowest BCUT2D eigenvalue weighted by Gasteiger charge is -2.18. The van der Waals surface area contributed by atoms with Gasteiger partial charge in [-0.3, -0.25) is 0 Å². The molecule has 0 fully saturated rings. The van der Waals surface area contributed by atoms with Crippen molar-refractivity contribution in [3.63, 3.8) is 0 Å². The number of ether oxygens (including phenoxy) is 1. The minimum atomic E-state index is 0.00706. The molecule has 0 aliphatic rings. The molecule has 1 aromatic rings. The van der Waals surface area contributed by atoms with Gasteiger partial charge in [0.2, 0.25) is 0 Å². The van der Waals surface area contributed by atoms with Crippen LogP contribution in [-0.2, 0) is 0 Å². The van der Waals surface area contributed by atoms with E-state index in [1.54, 1.807) is 0 Å². The highest BCUT2D eigenvalue weighted by molar-refractivity contribution is 5.29. The molecule has 0 aliphatic heterocycles. The van der Waals surface area contributed by atoms with Gasteiger partial charge in [-0.15, -0.1) is 0 Å². The van der Waals surface area contributed by atoms with E-state index >= 15 is 0 Å². The molecule has 0 aliphatic carbocycles. The smallest absolute Gasteiger partial charge is 0.119 e. The molecular formula is C15H25NO2. The Labute approximate surface area is 110 Å². The molecule has 0 amide bonds. The molecule has 0 saturated carbocycles. The Morgan fingerprint density at radius 3 is 2.39 bits per heavy atom. The third-order valence-corrected chi connectivity index (χ3v) is 2.71. The molecule has 3 heteroatoms. The molecule has 102 valence electrons. The molecule has 1 atom stereocenters. The zero-order valence-electron chi connectivity index (χ0n) is 11.6. The van der Waals surface area contributed by atoms with E-state index in [1.807, 2.05) is 24.3 Å². The summed E-state index contributed by atoms with van der Waals surface area (Å²) in [5.74, 6) is 1.47. The first-order valence-corrected chi connectivity index (χ1v) is 6.74. The number of nitrogens with one attached hydrogen (secondary N) is 1. The predicted molar refractivity (Wildman–Crippen MR) is 74.9 cm³/mol. The Hall–Kier alpha value is -1.06. The second kappa shape index (κ2) is 8.11. The summed E-state index contributed by atoms with van der Waals surface area (Å²) in [6.45, 7) is 8.16. The van der Waals surface area contributed by atoms with Crippen molar-refractivity contribution in [3.8, 4) is 5.75 Å². The van der Waals surface area contributed by atoms with Crippen molar-refractivity contribution >= 4 is 0 Å².